The van der Waals surface area contributed by atoms with E-state index in [-0.39, 0.29) is 0 Å². The molecule has 1 rings (SSSR count). The molecule has 0 aromatic carbocycles. The van der Waals surface area contributed by atoms with Gasteiger partial charge in [-0.05, 0) is 0 Å². The summed E-state index contributed by atoms with van der Waals surface area (Å²) in [5.41, 5.74) is 3.43. The van der Waals surface area contributed by atoms with Crippen molar-refractivity contribution in [1.82, 2.24) is 4.98 Å². The van der Waals surface area contributed by atoms with Crippen LogP contribution in [-0.4, -0.2) is 23.2 Å². The number of carbonyl (C=O) groups is 1. The van der Waals surface area contributed by atoms with Gasteiger partial charge in [-0.1, -0.05) is 0 Å². The number of hydrogen-bond acceptors (Lipinski definition) is 5. The number of anilines is 1. The van der Waals surface area contributed by atoms with Crippen molar-refractivity contribution < 1.29 is 23.4 Å². The number of esters is 1. The van der Waals surface area contributed by atoms with Crippen LogP contribution in [0.25, 0.3) is 0 Å². The van der Waals surface area contributed by atoms with Crippen molar-refractivity contribution in [3.63, 3.8) is 0 Å². The number of aromatic nitrogens is 1. The average molecular weight is 218 g/mol. The average Bonchev–Trinajstić information content (AvgIpc) is 2.16. The fourth-order valence-corrected chi connectivity index (χ4v) is 1.02. The van der Waals surface area contributed by atoms with Gasteiger partial charge < -0.3 is 15.6 Å². The molecule has 0 aliphatic rings. The van der Waals surface area contributed by atoms with Crippen LogP contribution in [0, 0.1) is 0 Å². The molecule has 3 N–H and O–H groups in total. The molecule has 1 aromatic heterocycles. The number of methoxy groups -OCH3 is 1. The first-order chi connectivity index (χ1) is 6.99. The third-order valence-electron chi connectivity index (χ3n) is 1.73. The zero-order chi connectivity index (χ0) is 11.6. The molecule has 0 atom stereocenters. The molecule has 5 nitrogen and oxygen atoms in total. The van der Waals surface area contributed by atoms with E-state index in [1.165, 1.54) is 0 Å². The maximum Gasteiger partial charge on any atom is 0.358 e. The first kappa shape index (κ1) is 11.2. The molecular formula is C8H8F2N2O3. The molecule has 0 spiro atoms. The molecule has 15 heavy (non-hydrogen) atoms. The van der Waals surface area contributed by atoms with Crippen LogP contribution < -0.4 is 5.73 Å². The largest absolute Gasteiger partial charge is 0.506 e. The highest BCUT2D eigenvalue weighted by atomic mass is 19.3. The lowest BCUT2D eigenvalue weighted by molar-refractivity contribution is 0.0595. The molecule has 0 aliphatic heterocycles. The van der Waals surface area contributed by atoms with E-state index in [0.717, 1.165) is 13.3 Å². The van der Waals surface area contributed by atoms with Gasteiger partial charge in [-0.25, -0.2) is 18.6 Å². The number of rotatable bonds is 2. The summed E-state index contributed by atoms with van der Waals surface area (Å²) in [6.45, 7) is 0. The number of nitrogen functional groups attached to an aromatic ring is 1. The van der Waals surface area contributed by atoms with Gasteiger partial charge in [0.1, 0.15) is 5.75 Å². The molecule has 0 radical (unpaired) electrons. The van der Waals surface area contributed by atoms with Crippen LogP contribution >= 0.6 is 0 Å². The maximum atomic E-state index is 12.4. The molecule has 0 bridgehead atoms. The van der Waals surface area contributed by atoms with Crippen LogP contribution in [0.3, 0.4) is 0 Å². The number of carbonyl (C=O) groups excluding carboxylic acids is 1. The minimum absolute atomic E-state index is 0.439. The highest BCUT2D eigenvalue weighted by Crippen LogP contribution is 2.34. The standard InChI is InChI=1S/C8H8F2N2O3/c1-15-8(14)6-5(11)4(7(9)10)3(13)2-12-6/h2,7,13H,11H2,1H3. The summed E-state index contributed by atoms with van der Waals surface area (Å²) in [6.07, 6.45) is -2.26. The second-order valence-electron chi connectivity index (χ2n) is 2.61. The van der Waals surface area contributed by atoms with Gasteiger partial charge in [-0.15, -0.1) is 0 Å². The zero-order valence-corrected chi connectivity index (χ0v) is 7.70. The molecule has 82 valence electrons. The van der Waals surface area contributed by atoms with Gasteiger partial charge in [0.15, 0.2) is 5.69 Å². The van der Waals surface area contributed by atoms with Crippen LogP contribution in [0.4, 0.5) is 14.5 Å². The van der Waals surface area contributed by atoms with Crippen LogP contribution in [0.5, 0.6) is 5.75 Å². The second kappa shape index (κ2) is 4.07. The van der Waals surface area contributed by atoms with Gasteiger partial charge in [0.25, 0.3) is 6.43 Å². The minimum atomic E-state index is -2.99. The number of ether oxygens (including phenoxy) is 1. The van der Waals surface area contributed by atoms with E-state index >= 15 is 0 Å². The van der Waals surface area contributed by atoms with E-state index in [1.54, 1.807) is 0 Å². The number of hydrogen-bond donors (Lipinski definition) is 2. The molecule has 0 aliphatic carbocycles. The minimum Gasteiger partial charge on any atom is -0.506 e. The van der Waals surface area contributed by atoms with Crippen molar-refractivity contribution in [2.24, 2.45) is 0 Å². The molecule has 0 unspecified atom stereocenters. The number of pyridine rings is 1. The van der Waals surface area contributed by atoms with Gasteiger partial charge in [0.2, 0.25) is 0 Å². The molecule has 7 heteroatoms. The Kier molecular flexibility index (Phi) is 3.03. The van der Waals surface area contributed by atoms with Gasteiger partial charge in [-0.2, -0.15) is 0 Å². The summed E-state index contributed by atoms with van der Waals surface area (Å²) in [6, 6.07) is 0. The first-order valence-corrected chi connectivity index (χ1v) is 3.82. The summed E-state index contributed by atoms with van der Waals surface area (Å²) in [5, 5.41) is 9.07. The van der Waals surface area contributed by atoms with E-state index in [1.807, 2.05) is 0 Å². The summed E-state index contributed by atoms with van der Waals surface area (Å²) in [7, 11) is 1.07. The Balaban J connectivity index is 3.35. The van der Waals surface area contributed by atoms with E-state index in [4.69, 9.17) is 10.8 Å². The number of nitrogens with two attached hydrogens (primary N) is 1. The van der Waals surface area contributed by atoms with E-state index < -0.39 is 35.1 Å². The topological polar surface area (TPSA) is 85.4 Å². The molecule has 0 saturated heterocycles. The van der Waals surface area contributed by atoms with Crippen molar-refractivity contribution in [3.8, 4) is 5.75 Å². The van der Waals surface area contributed by atoms with E-state index in [9.17, 15) is 13.6 Å². The predicted octanol–water partition coefficient (Wildman–Crippen LogP) is 1.09. The summed E-state index contributed by atoms with van der Waals surface area (Å²) in [4.78, 5) is 14.4. The fraction of sp³-hybridized carbons (Fsp3) is 0.250. The Morgan fingerprint density at radius 3 is 2.73 bits per heavy atom. The second-order valence-corrected chi connectivity index (χ2v) is 2.61. The zero-order valence-electron chi connectivity index (χ0n) is 7.70. The van der Waals surface area contributed by atoms with Gasteiger partial charge in [-0.3, -0.25) is 0 Å². The SMILES string of the molecule is COC(=O)c1ncc(O)c(C(F)F)c1N. The van der Waals surface area contributed by atoms with Crippen LogP contribution in [0.1, 0.15) is 22.5 Å². The van der Waals surface area contributed by atoms with Crippen molar-refractivity contribution in [2.75, 3.05) is 12.8 Å². The number of nitrogens with zero attached hydrogens (tertiary/aromatic N) is 1. The molecule has 0 saturated carbocycles. The Bertz CT molecular complexity index is 396. The highest BCUT2D eigenvalue weighted by molar-refractivity contribution is 5.94. The Morgan fingerprint density at radius 1 is 1.67 bits per heavy atom. The van der Waals surface area contributed by atoms with Gasteiger partial charge >= 0.3 is 5.97 Å². The Morgan fingerprint density at radius 2 is 2.27 bits per heavy atom. The number of aromatic hydroxyl groups is 1. The highest BCUT2D eigenvalue weighted by Gasteiger charge is 2.23. The lowest BCUT2D eigenvalue weighted by Gasteiger charge is -2.09. The normalized spacial score (nSPS) is 10.4. The van der Waals surface area contributed by atoms with Crippen LogP contribution in [0.15, 0.2) is 6.20 Å². The molecular weight excluding hydrogens is 210 g/mol. The molecule has 0 fully saturated rings. The third kappa shape index (κ3) is 1.95. The first-order valence-electron chi connectivity index (χ1n) is 3.82. The smallest absolute Gasteiger partial charge is 0.358 e. The lowest BCUT2D eigenvalue weighted by atomic mass is 10.1. The van der Waals surface area contributed by atoms with Crippen molar-refractivity contribution in [2.45, 2.75) is 6.43 Å². The summed E-state index contributed by atoms with van der Waals surface area (Å²) >= 11 is 0. The van der Waals surface area contributed by atoms with Crippen LogP contribution in [0.2, 0.25) is 0 Å². The maximum absolute atomic E-state index is 12.4. The van der Waals surface area contributed by atoms with Crippen LogP contribution in [-0.2, 0) is 4.74 Å². The van der Waals surface area contributed by atoms with E-state index in [2.05, 4.69) is 9.72 Å². The van der Waals surface area contributed by atoms with Crippen molar-refractivity contribution >= 4 is 11.7 Å². The molecule has 0 amide bonds. The third-order valence-corrected chi connectivity index (χ3v) is 1.73. The Hall–Kier alpha value is -1.92. The van der Waals surface area contributed by atoms with Gasteiger partial charge in [0, 0.05) is 0 Å². The monoisotopic (exact) mass is 218 g/mol. The summed E-state index contributed by atoms with van der Waals surface area (Å²) < 4.78 is 29.1. The molecule has 1 aromatic rings. The Labute approximate surface area is 83.5 Å². The van der Waals surface area contributed by atoms with Crippen molar-refractivity contribution in [3.05, 3.63) is 17.5 Å². The molecule has 1 heterocycles. The lowest BCUT2D eigenvalue weighted by Crippen LogP contribution is -2.10. The van der Waals surface area contributed by atoms with Crippen molar-refractivity contribution in [1.29, 1.82) is 0 Å². The quantitative estimate of drug-likeness (QED) is 0.726. The van der Waals surface area contributed by atoms with E-state index in [0.29, 0.717) is 0 Å². The number of halogens is 2. The fourth-order valence-electron chi connectivity index (χ4n) is 1.02. The summed E-state index contributed by atoms with van der Waals surface area (Å²) in [5.74, 6) is -1.69. The predicted molar refractivity (Wildman–Crippen MR) is 46.6 cm³/mol. The number of alkyl halides is 2. The van der Waals surface area contributed by atoms with Gasteiger partial charge in [0.05, 0.1) is 24.6 Å².